The van der Waals surface area contributed by atoms with Crippen LogP contribution in [0, 0.1) is 5.92 Å². The summed E-state index contributed by atoms with van der Waals surface area (Å²) < 4.78 is 1.78. The third-order valence-electron chi connectivity index (χ3n) is 4.30. The van der Waals surface area contributed by atoms with Gasteiger partial charge >= 0.3 is 0 Å². The lowest BCUT2D eigenvalue weighted by atomic mass is 9.94. The lowest BCUT2D eigenvalue weighted by Gasteiger charge is -2.35. The Morgan fingerprint density at radius 3 is 2.95 bits per heavy atom. The number of hydrogen-bond acceptors (Lipinski definition) is 5. The molecule has 0 saturated carbocycles. The van der Waals surface area contributed by atoms with Gasteiger partial charge in [-0.05, 0) is 25.9 Å². The van der Waals surface area contributed by atoms with Crippen LogP contribution in [0.15, 0.2) is 6.20 Å². The molecule has 3 rings (SSSR count). The van der Waals surface area contributed by atoms with Gasteiger partial charge in [0.15, 0.2) is 5.69 Å². The zero-order valence-electron chi connectivity index (χ0n) is 12.0. The Labute approximate surface area is 118 Å². The first-order valence-corrected chi connectivity index (χ1v) is 7.25. The predicted octanol–water partition coefficient (Wildman–Crippen LogP) is -0.508. The SMILES string of the molecule is CC1CN(C)CCC1NC(=O)c1cn(C2CNC2)nn1. The molecule has 0 spiro atoms. The Balaban J connectivity index is 1.59. The molecule has 2 atom stereocenters. The van der Waals surface area contributed by atoms with Crippen LogP contribution in [0.5, 0.6) is 0 Å². The summed E-state index contributed by atoms with van der Waals surface area (Å²) in [7, 11) is 2.12. The number of likely N-dealkylation sites (tertiary alicyclic amines) is 1. The average Bonchev–Trinajstić information content (AvgIpc) is 2.80. The molecule has 1 amide bonds. The number of piperidine rings is 1. The molecule has 0 aromatic carbocycles. The number of nitrogens with zero attached hydrogens (tertiary/aromatic N) is 4. The second-order valence-corrected chi connectivity index (χ2v) is 6.00. The summed E-state index contributed by atoms with van der Waals surface area (Å²) in [5.74, 6) is 0.355. The molecule has 0 radical (unpaired) electrons. The van der Waals surface area contributed by atoms with Crippen molar-refractivity contribution in [3.8, 4) is 0 Å². The number of carbonyl (C=O) groups is 1. The molecule has 2 unspecified atom stereocenters. The number of amides is 1. The van der Waals surface area contributed by atoms with E-state index in [-0.39, 0.29) is 11.9 Å². The van der Waals surface area contributed by atoms with Crippen LogP contribution in [0.2, 0.25) is 0 Å². The standard InChI is InChI=1S/C13H22N6O/c1-9-7-18(2)4-3-11(9)15-13(20)12-8-19(17-16-12)10-5-14-6-10/h8-11,14H,3-7H2,1-2H3,(H,15,20). The van der Waals surface area contributed by atoms with Crippen LogP contribution in [0.4, 0.5) is 0 Å². The van der Waals surface area contributed by atoms with E-state index >= 15 is 0 Å². The average molecular weight is 278 g/mol. The Bertz CT molecular complexity index is 483. The molecular formula is C13H22N6O. The number of rotatable bonds is 3. The molecule has 2 saturated heterocycles. The second kappa shape index (κ2) is 5.49. The number of hydrogen-bond donors (Lipinski definition) is 2. The highest BCUT2D eigenvalue weighted by atomic mass is 16.2. The van der Waals surface area contributed by atoms with Crippen molar-refractivity contribution in [2.24, 2.45) is 5.92 Å². The maximum atomic E-state index is 12.2. The Morgan fingerprint density at radius 1 is 1.50 bits per heavy atom. The van der Waals surface area contributed by atoms with Gasteiger partial charge in [-0.1, -0.05) is 12.1 Å². The number of nitrogens with one attached hydrogen (secondary N) is 2. The summed E-state index contributed by atoms with van der Waals surface area (Å²) in [4.78, 5) is 14.5. The molecule has 110 valence electrons. The van der Waals surface area contributed by atoms with Crippen LogP contribution in [0.3, 0.4) is 0 Å². The zero-order valence-corrected chi connectivity index (χ0v) is 12.0. The Morgan fingerprint density at radius 2 is 2.30 bits per heavy atom. The Hall–Kier alpha value is -1.47. The lowest BCUT2D eigenvalue weighted by Crippen LogP contribution is -2.49. The van der Waals surface area contributed by atoms with Crippen molar-refractivity contribution in [1.82, 2.24) is 30.5 Å². The van der Waals surface area contributed by atoms with E-state index in [1.165, 1.54) is 0 Å². The van der Waals surface area contributed by atoms with Crippen LogP contribution in [0.25, 0.3) is 0 Å². The molecule has 3 heterocycles. The van der Waals surface area contributed by atoms with Crippen molar-refractivity contribution in [1.29, 1.82) is 0 Å². The van der Waals surface area contributed by atoms with Crippen LogP contribution < -0.4 is 10.6 Å². The summed E-state index contributed by atoms with van der Waals surface area (Å²) >= 11 is 0. The van der Waals surface area contributed by atoms with Gasteiger partial charge in [-0.3, -0.25) is 4.79 Å². The fourth-order valence-electron chi connectivity index (χ4n) is 2.83. The minimum atomic E-state index is -0.107. The van der Waals surface area contributed by atoms with Crippen LogP contribution in [-0.2, 0) is 0 Å². The van der Waals surface area contributed by atoms with Gasteiger partial charge < -0.3 is 15.5 Å². The third kappa shape index (κ3) is 2.69. The second-order valence-electron chi connectivity index (χ2n) is 6.00. The van der Waals surface area contributed by atoms with Crippen molar-refractivity contribution in [2.75, 3.05) is 33.2 Å². The van der Waals surface area contributed by atoms with Crippen molar-refractivity contribution >= 4 is 5.91 Å². The summed E-state index contributed by atoms with van der Waals surface area (Å²) in [6.07, 6.45) is 2.74. The van der Waals surface area contributed by atoms with Gasteiger partial charge in [-0.15, -0.1) is 5.10 Å². The summed E-state index contributed by atoms with van der Waals surface area (Å²) in [5.41, 5.74) is 0.419. The van der Waals surface area contributed by atoms with Crippen molar-refractivity contribution in [3.63, 3.8) is 0 Å². The van der Waals surface area contributed by atoms with Crippen molar-refractivity contribution < 1.29 is 4.79 Å². The van der Waals surface area contributed by atoms with E-state index in [2.05, 4.69) is 39.8 Å². The smallest absolute Gasteiger partial charge is 0.273 e. The molecule has 0 aliphatic carbocycles. The van der Waals surface area contributed by atoms with Gasteiger partial charge in [0.1, 0.15) is 0 Å². The fraction of sp³-hybridized carbons (Fsp3) is 0.769. The highest BCUT2D eigenvalue weighted by Gasteiger charge is 2.27. The molecule has 7 nitrogen and oxygen atoms in total. The summed E-state index contributed by atoms with van der Waals surface area (Å²) in [6, 6.07) is 0.570. The molecule has 2 N–H and O–H groups in total. The first kappa shape index (κ1) is 13.5. The highest BCUT2D eigenvalue weighted by molar-refractivity contribution is 5.92. The lowest BCUT2D eigenvalue weighted by molar-refractivity contribution is 0.0878. The van der Waals surface area contributed by atoms with Gasteiger partial charge in [0.25, 0.3) is 5.91 Å². The molecule has 0 bridgehead atoms. The predicted molar refractivity (Wildman–Crippen MR) is 74.5 cm³/mol. The monoisotopic (exact) mass is 278 g/mol. The minimum absolute atomic E-state index is 0.107. The van der Waals surface area contributed by atoms with Gasteiger partial charge in [0.05, 0.1) is 12.2 Å². The first-order chi connectivity index (χ1) is 9.63. The normalized spacial score (nSPS) is 28.1. The van der Waals surface area contributed by atoms with Gasteiger partial charge in [0, 0.05) is 25.7 Å². The minimum Gasteiger partial charge on any atom is -0.347 e. The molecule has 1 aromatic heterocycles. The van der Waals surface area contributed by atoms with Crippen LogP contribution in [-0.4, -0.2) is 65.1 Å². The van der Waals surface area contributed by atoms with E-state index in [0.717, 1.165) is 32.6 Å². The van der Waals surface area contributed by atoms with E-state index in [1.54, 1.807) is 10.9 Å². The van der Waals surface area contributed by atoms with E-state index in [0.29, 0.717) is 17.7 Å². The summed E-state index contributed by atoms with van der Waals surface area (Å²) in [5, 5.41) is 14.3. The van der Waals surface area contributed by atoms with Gasteiger partial charge in [-0.25, -0.2) is 4.68 Å². The maximum absolute atomic E-state index is 12.2. The van der Waals surface area contributed by atoms with Crippen LogP contribution in [0.1, 0.15) is 29.9 Å². The molecule has 2 aliphatic heterocycles. The summed E-state index contributed by atoms with van der Waals surface area (Å²) in [6.45, 7) is 6.02. The Kier molecular flexibility index (Phi) is 3.71. The highest BCUT2D eigenvalue weighted by Crippen LogP contribution is 2.16. The maximum Gasteiger partial charge on any atom is 0.273 e. The first-order valence-electron chi connectivity index (χ1n) is 7.25. The topological polar surface area (TPSA) is 75.1 Å². The largest absolute Gasteiger partial charge is 0.347 e. The van der Waals surface area contributed by atoms with Gasteiger partial charge in [0.2, 0.25) is 0 Å². The molecule has 2 aliphatic rings. The molecular weight excluding hydrogens is 256 g/mol. The van der Waals surface area contributed by atoms with Crippen molar-refractivity contribution in [3.05, 3.63) is 11.9 Å². The zero-order chi connectivity index (χ0) is 14.1. The van der Waals surface area contributed by atoms with E-state index < -0.39 is 0 Å². The number of aromatic nitrogens is 3. The molecule has 20 heavy (non-hydrogen) atoms. The fourth-order valence-corrected chi connectivity index (χ4v) is 2.83. The van der Waals surface area contributed by atoms with E-state index in [1.807, 2.05) is 0 Å². The van der Waals surface area contributed by atoms with Crippen LogP contribution >= 0.6 is 0 Å². The quantitative estimate of drug-likeness (QED) is 0.779. The molecule has 2 fully saturated rings. The van der Waals surface area contributed by atoms with Gasteiger partial charge in [-0.2, -0.15) is 0 Å². The third-order valence-corrected chi connectivity index (χ3v) is 4.30. The molecule has 7 heteroatoms. The van der Waals surface area contributed by atoms with Crippen molar-refractivity contribution in [2.45, 2.75) is 25.4 Å². The van der Waals surface area contributed by atoms with E-state index in [4.69, 9.17) is 0 Å². The molecule has 1 aromatic rings. The van der Waals surface area contributed by atoms with E-state index in [9.17, 15) is 4.79 Å². The number of carbonyl (C=O) groups excluding carboxylic acids is 1.